The highest BCUT2D eigenvalue weighted by Gasteiger charge is 2.23. The molecule has 1 aromatic rings. The Kier molecular flexibility index (Phi) is 4.18. The van der Waals surface area contributed by atoms with E-state index >= 15 is 0 Å². The van der Waals surface area contributed by atoms with Gasteiger partial charge in [0.1, 0.15) is 0 Å². The Bertz CT molecular complexity index is 347. The van der Waals surface area contributed by atoms with Crippen molar-refractivity contribution in [3.8, 4) is 0 Å². The first kappa shape index (κ1) is 12.6. The van der Waals surface area contributed by atoms with Crippen LogP contribution in [0.3, 0.4) is 0 Å². The van der Waals surface area contributed by atoms with Crippen molar-refractivity contribution >= 4 is 0 Å². The zero-order chi connectivity index (χ0) is 12.3. The summed E-state index contributed by atoms with van der Waals surface area (Å²) in [6.07, 6.45) is 5.35. The predicted molar refractivity (Wildman–Crippen MR) is 69.8 cm³/mol. The molecular formula is C13H24N4. The van der Waals surface area contributed by atoms with Crippen LogP contribution >= 0.6 is 0 Å². The van der Waals surface area contributed by atoms with Gasteiger partial charge in [0.05, 0.1) is 6.20 Å². The van der Waals surface area contributed by atoms with Gasteiger partial charge >= 0.3 is 0 Å². The molecule has 1 aliphatic rings. The second-order valence-corrected chi connectivity index (χ2v) is 5.22. The molecule has 0 radical (unpaired) electrons. The van der Waals surface area contributed by atoms with Gasteiger partial charge in [-0.3, -0.25) is 4.68 Å². The number of aromatic nitrogens is 2. The Balaban J connectivity index is 1.81. The van der Waals surface area contributed by atoms with Gasteiger partial charge < -0.3 is 10.2 Å². The van der Waals surface area contributed by atoms with Crippen molar-refractivity contribution in [2.75, 3.05) is 20.1 Å². The molecule has 1 fully saturated rings. The molecule has 0 aliphatic carbocycles. The van der Waals surface area contributed by atoms with Crippen LogP contribution in [0.1, 0.15) is 25.8 Å². The minimum atomic E-state index is 0.649. The molecule has 0 spiro atoms. The van der Waals surface area contributed by atoms with Crippen molar-refractivity contribution in [1.82, 2.24) is 20.0 Å². The highest BCUT2D eigenvalue weighted by Crippen LogP contribution is 2.15. The number of nitrogens with one attached hydrogen (secondary N) is 1. The second kappa shape index (κ2) is 5.65. The van der Waals surface area contributed by atoms with Crippen LogP contribution in [0.5, 0.6) is 0 Å². The third-order valence-electron chi connectivity index (χ3n) is 3.69. The normalized spacial score (nSPS) is 26.3. The van der Waals surface area contributed by atoms with Crippen molar-refractivity contribution < 1.29 is 0 Å². The summed E-state index contributed by atoms with van der Waals surface area (Å²) < 4.78 is 1.98. The molecule has 17 heavy (non-hydrogen) atoms. The van der Waals surface area contributed by atoms with Crippen LogP contribution in [0.2, 0.25) is 0 Å². The van der Waals surface area contributed by atoms with Crippen LogP contribution in [0, 0.1) is 5.92 Å². The number of hydrogen-bond acceptors (Lipinski definition) is 3. The summed E-state index contributed by atoms with van der Waals surface area (Å²) in [4.78, 5) is 2.41. The zero-order valence-corrected chi connectivity index (χ0v) is 11.2. The molecule has 1 saturated heterocycles. The molecule has 2 atom stereocenters. The predicted octanol–water partition coefficient (Wildman–Crippen LogP) is 1.33. The average Bonchev–Trinajstić information content (AvgIpc) is 2.76. The van der Waals surface area contributed by atoms with E-state index in [9.17, 15) is 0 Å². The third-order valence-corrected chi connectivity index (χ3v) is 3.69. The van der Waals surface area contributed by atoms with Gasteiger partial charge in [-0.05, 0) is 32.9 Å². The van der Waals surface area contributed by atoms with Crippen LogP contribution in [-0.2, 0) is 13.1 Å². The van der Waals surface area contributed by atoms with Gasteiger partial charge in [-0.1, -0.05) is 6.92 Å². The van der Waals surface area contributed by atoms with Gasteiger partial charge in [-0.25, -0.2) is 0 Å². The maximum absolute atomic E-state index is 4.30. The van der Waals surface area contributed by atoms with Crippen molar-refractivity contribution in [3.05, 3.63) is 18.0 Å². The van der Waals surface area contributed by atoms with Crippen molar-refractivity contribution in [2.24, 2.45) is 5.92 Å². The number of piperidine rings is 1. The van der Waals surface area contributed by atoms with E-state index in [0.717, 1.165) is 19.0 Å². The number of nitrogens with zero attached hydrogens (tertiary/aromatic N) is 3. The monoisotopic (exact) mass is 236 g/mol. The summed E-state index contributed by atoms with van der Waals surface area (Å²) in [6.45, 7) is 8.75. The van der Waals surface area contributed by atoms with E-state index < -0.39 is 0 Å². The van der Waals surface area contributed by atoms with Gasteiger partial charge in [0, 0.05) is 37.4 Å². The van der Waals surface area contributed by atoms with E-state index in [1.54, 1.807) is 0 Å². The fourth-order valence-electron chi connectivity index (χ4n) is 2.58. The number of hydrogen-bond donors (Lipinski definition) is 1. The largest absolute Gasteiger partial charge is 0.309 e. The van der Waals surface area contributed by atoms with Crippen LogP contribution in [-0.4, -0.2) is 40.9 Å². The Morgan fingerprint density at radius 1 is 1.53 bits per heavy atom. The van der Waals surface area contributed by atoms with Gasteiger partial charge in [-0.2, -0.15) is 5.10 Å². The van der Waals surface area contributed by atoms with E-state index in [-0.39, 0.29) is 0 Å². The Morgan fingerprint density at radius 2 is 2.35 bits per heavy atom. The summed E-state index contributed by atoms with van der Waals surface area (Å²) in [6, 6.07) is 0.649. The summed E-state index contributed by atoms with van der Waals surface area (Å²) in [5, 5.41) is 7.96. The van der Waals surface area contributed by atoms with E-state index in [4.69, 9.17) is 0 Å². The van der Waals surface area contributed by atoms with Gasteiger partial charge in [-0.15, -0.1) is 0 Å². The average molecular weight is 236 g/mol. The van der Waals surface area contributed by atoms with Crippen LogP contribution < -0.4 is 5.32 Å². The molecule has 1 aromatic heterocycles. The summed E-state index contributed by atoms with van der Waals surface area (Å²) in [5.41, 5.74) is 1.29. The second-order valence-electron chi connectivity index (χ2n) is 5.22. The molecule has 4 heteroatoms. The van der Waals surface area contributed by atoms with E-state index in [1.165, 1.54) is 25.1 Å². The summed E-state index contributed by atoms with van der Waals surface area (Å²) >= 11 is 0. The molecule has 1 aliphatic heterocycles. The number of rotatable bonds is 4. The van der Waals surface area contributed by atoms with Gasteiger partial charge in [0.15, 0.2) is 0 Å². The number of likely N-dealkylation sites (tertiary alicyclic amines) is 1. The molecular weight excluding hydrogens is 212 g/mol. The molecule has 2 rings (SSSR count). The fraction of sp³-hybridized carbons (Fsp3) is 0.769. The minimum absolute atomic E-state index is 0.649. The van der Waals surface area contributed by atoms with E-state index in [2.05, 4.69) is 42.4 Å². The molecule has 2 unspecified atom stereocenters. The maximum Gasteiger partial charge on any atom is 0.0534 e. The molecule has 0 saturated carbocycles. The van der Waals surface area contributed by atoms with Crippen LogP contribution in [0.4, 0.5) is 0 Å². The van der Waals surface area contributed by atoms with Crippen molar-refractivity contribution in [3.63, 3.8) is 0 Å². The lowest BCUT2D eigenvalue weighted by molar-refractivity contribution is 0.174. The molecule has 2 heterocycles. The van der Waals surface area contributed by atoms with Crippen molar-refractivity contribution in [1.29, 1.82) is 0 Å². The van der Waals surface area contributed by atoms with E-state index in [1.807, 2.05) is 10.9 Å². The van der Waals surface area contributed by atoms with Gasteiger partial charge in [0.25, 0.3) is 0 Å². The smallest absolute Gasteiger partial charge is 0.0534 e. The summed E-state index contributed by atoms with van der Waals surface area (Å²) in [7, 11) is 2.21. The third kappa shape index (κ3) is 3.30. The lowest BCUT2D eigenvalue weighted by Gasteiger charge is -2.35. The highest BCUT2D eigenvalue weighted by atomic mass is 15.3. The first-order chi connectivity index (χ1) is 8.19. The Labute approximate surface area is 104 Å². The SMILES string of the molecule is CCn1cc(CNC2CCN(C)CC2C)cn1. The zero-order valence-electron chi connectivity index (χ0n) is 11.2. The van der Waals surface area contributed by atoms with Crippen LogP contribution in [0.25, 0.3) is 0 Å². The highest BCUT2D eigenvalue weighted by molar-refractivity contribution is 5.03. The molecule has 0 bridgehead atoms. The Morgan fingerprint density at radius 3 is 3.00 bits per heavy atom. The lowest BCUT2D eigenvalue weighted by Crippen LogP contribution is -2.46. The van der Waals surface area contributed by atoms with Gasteiger partial charge in [0.2, 0.25) is 0 Å². The molecule has 0 amide bonds. The topological polar surface area (TPSA) is 33.1 Å². The molecule has 4 nitrogen and oxygen atoms in total. The fourth-order valence-corrected chi connectivity index (χ4v) is 2.58. The van der Waals surface area contributed by atoms with Crippen molar-refractivity contribution in [2.45, 2.75) is 39.4 Å². The standard InChI is InChI=1S/C13H24N4/c1-4-17-10-12(8-15-17)7-14-13-5-6-16(3)9-11(13)2/h8,10-11,13-14H,4-7,9H2,1-3H3. The quantitative estimate of drug-likeness (QED) is 0.856. The minimum Gasteiger partial charge on any atom is -0.309 e. The first-order valence-electron chi connectivity index (χ1n) is 6.62. The molecule has 96 valence electrons. The summed E-state index contributed by atoms with van der Waals surface area (Å²) in [5.74, 6) is 0.731. The van der Waals surface area contributed by atoms with E-state index in [0.29, 0.717) is 6.04 Å². The first-order valence-corrected chi connectivity index (χ1v) is 6.62. The number of aryl methyl sites for hydroxylation is 1. The van der Waals surface area contributed by atoms with Crippen LogP contribution in [0.15, 0.2) is 12.4 Å². The Hall–Kier alpha value is -0.870. The molecule has 1 N–H and O–H groups in total. The molecule has 0 aromatic carbocycles. The maximum atomic E-state index is 4.30. The lowest BCUT2D eigenvalue weighted by atomic mass is 9.94.